The molecule has 0 aliphatic rings. The van der Waals surface area contributed by atoms with E-state index in [1.54, 1.807) is 0 Å². The topological polar surface area (TPSA) is 108 Å². The molecule has 17 heavy (non-hydrogen) atoms. The summed E-state index contributed by atoms with van der Waals surface area (Å²) in [6.45, 7) is 1.92. The van der Waals surface area contributed by atoms with Gasteiger partial charge in [0.2, 0.25) is 0 Å². The second-order valence-electron chi connectivity index (χ2n) is 3.51. The van der Waals surface area contributed by atoms with Crippen LogP contribution in [-0.4, -0.2) is 20.9 Å². The van der Waals surface area contributed by atoms with Gasteiger partial charge in [-0.2, -0.15) is 0 Å². The molecule has 0 fully saturated rings. The van der Waals surface area contributed by atoms with Crippen LogP contribution in [0.25, 0.3) is 0 Å². The van der Waals surface area contributed by atoms with Crippen LogP contribution in [0.5, 0.6) is 0 Å². The van der Waals surface area contributed by atoms with Crippen molar-refractivity contribution in [2.45, 2.75) is 13.3 Å². The highest BCUT2D eigenvalue weighted by molar-refractivity contribution is 7.09. The Kier molecular flexibility index (Phi) is 3.01. The Morgan fingerprint density at radius 1 is 1.47 bits per heavy atom. The molecule has 88 valence electrons. The van der Waals surface area contributed by atoms with Crippen molar-refractivity contribution in [2.75, 3.05) is 5.73 Å². The number of amides is 1. The van der Waals surface area contributed by atoms with Crippen molar-refractivity contribution >= 4 is 23.1 Å². The van der Waals surface area contributed by atoms with Gasteiger partial charge in [-0.05, 0) is 6.92 Å². The lowest BCUT2D eigenvalue weighted by Gasteiger charge is -2.02. The lowest BCUT2D eigenvalue weighted by Crippen LogP contribution is -2.16. The molecular formula is C10H11N5OS. The number of hydrogen-bond donors (Lipinski definition) is 2. The highest BCUT2D eigenvalue weighted by Gasteiger charge is 2.10. The van der Waals surface area contributed by atoms with Crippen LogP contribution in [0.4, 0.5) is 5.82 Å². The fraction of sp³-hybridized carbons (Fsp3) is 0.200. The number of carbonyl (C=O) groups excluding carboxylic acids is 1. The van der Waals surface area contributed by atoms with Crippen LogP contribution >= 0.6 is 11.3 Å². The summed E-state index contributed by atoms with van der Waals surface area (Å²) in [7, 11) is 0. The third-order valence-corrected chi connectivity index (χ3v) is 3.08. The molecule has 0 aliphatic heterocycles. The molecule has 0 aromatic carbocycles. The summed E-state index contributed by atoms with van der Waals surface area (Å²) in [5.74, 6) is 0.0109. The third kappa shape index (κ3) is 2.56. The molecule has 2 heterocycles. The minimum absolute atomic E-state index is 0.107. The molecule has 2 aromatic heterocycles. The van der Waals surface area contributed by atoms with Crippen LogP contribution < -0.4 is 11.5 Å². The van der Waals surface area contributed by atoms with E-state index in [-0.39, 0.29) is 11.4 Å². The smallest absolute Gasteiger partial charge is 0.254 e. The van der Waals surface area contributed by atoms with Gasteiger partial charge in [-0.3, -0.25) is 4.79 Å². The first-order valence-corrected chi connectivity index (χ1v) is 5.76. The number of thiazole rings is 1. The lowest BCUT2D eigenvalue weighted by atomic mass is 10.3. The largest absolute Gasteiger partial charge is 0.383 e. The Labute approximate surface area is 102 Å². The average Bonchev–Trinajstić information content (AvgIpc) is 2.63. The van der Waals surface area contributed by atoms with E-state index < -0.39 is 5.91 Å². The zero-order valence-electron chi connectivity index (χ0n) is 9.17. The van der Waals surface area contributed by atoms with Gasteiger partial charge in [-0.15, -0.1) is 11.3 Å². The molecule has 0 saturated heterocycles. The highest BCUT2D eigenvalue weighted by atomic mass is 32.1. The molecule has 0 saturated carbocycles. The number of nitrogens with two attached hydrogens (primary N) is 2. The molecule has 0 unspecified atom stereocenters. The monoisotopic (exact) mass is 249 g/mol. The van der Waals surface area contributed by atoms with E-state index in [9.17, 15) is 4.79 Å². The van der Waals surface area contributed by atoms with Crippen molar-refractivity contribution in [2.24, 2.45) is 5.73 Å². The van der Waals surface area contributed by atoms with Crippen molar-refractivity contribution in [1.29, 1.82) is 0 Å². The van der Waals surface area contributed by atoms with Crippen molar-refractivity contribution in [3.8, 4) is 0 Å². The third-order valence-electron chi connectivity index (χ3n) is 2.11. The minimum atomic E-state index is -0.626. The summed E-state index contributed by atoms with van der Waals surface area (Å²) in [4.78, 5) is 23.3. The van der Waals surface area contributed by atoms with Crippen molar-refractivity contribution in [3.05, 3.63) is 33.7 Å². The summed E-state index contributed by atoms with van der Waals surface area (Å²) >= 11 is 1.54. The Hall–Kier alpha value is -2.02. The summed E-state index contributed by atoms with van der Waals surface area (Å²) in [5, 5.41) is 2.87. The molecular weight excluding hydrogens is 238 g/mol. The van der Waals surface area contributed by atoms with Gasteiger partial charge >= 0.3 is 0 Å². The van der Waals surface area contributed by atoms with Gasteiger partial charge in [0.05, 0.1) is 12.0 Å². The molecule has 0 spiro atoms. The number of aromatic nitrogens is 3. The summed E-state index contributed by atoms with van der Waals surface area (Å²) in [6.07, 6.45) is 1.85. The first-order chi connectivity index (χ1) is 8.06. The highest BCUT2D eigenvalue weighted by Crippen LogP contribution is 2.13. The zero-order chi connectivity index (χ0) is 12.4. The zero-order valence-corrected chi connectivity index (χ0v) is 9.99. The van der Waals surface area contributed by atoms with Crippen LogP contribution in [0, 0.1) is 6.92 Å². The van der Waals surface area contributed by atoms with E-state index in [2.05, 4.69) is 15.0 Å². The summed E-state index contributed by atoms with van der Waals surface area (Å²) in [5.41, 5.74) is 11.8. The Bertz CT molecular complexity index is 566. The predicted octanol–water partition coefficient (Wildman–Crippen LogP) is 0.513. The van der Waals surface area contributed by atoms with Crippen LogP contribution in [0.3, 0.4) is 0 Å². The molecule has 7 heteroatoms. The molecule has 2 rings (SSSR count). The van der Waals surface area contributed by atoms with Gasteiger partial charge in [0.25, 0.3) is 5.91 Å². The van der Waals surface area contributed by atoms with Gasteiger partial charge < -0.3 is 11.5 Å². The number of aryl methyl sites for hydroxylation is 1. The molecule has 0 bridgehead atoms. The van der Waals surface area contributed by atoms with E-state index in [0.717, 1.165) is 10.7 Å². The number of nitrogens with zero attached hydrogens (tertiary/aromatic N) is 3. The Morgan fingerprint density at radius 2 is 2.24 bits per heavy atom. The molecule has 4 N–H and O–H groups in total. The fourth-order valence-electron chi connectivity index (χ4n) is 1.33. The normalized spacial score (nSPS) is 10.4. The van der Waals surface area contributed by atoms with Gasteiger partial charge in [-0.25, -0.2) is 15.0 Å². The quantitative estimate of drug-likeness (QED) is 0.824. The first kappa shape index (κ1) is 11.5. The average molecular weight is 249 g/mol. The van der Waals surface area contributed by atoms with Crippen molar-refractivity contribution in [3.63, 3.8) is 0 Å². The van der Waals surface area contributed by atoms with Crippen LogP contribution in [0.1, 0.15) is 26.9 Å². The number of nitrogen functional groups attached to an aromatic ring is 1. The molecule has 2 aromatic rings. The standard InChI is InChI=1S/C10H11N5OS/c1-5-4-17-8(14-5)2-7-13-3-6(10(12)16)9(11)15-7/h3-4H,2H2,1H3,(H2,12,16)(H2,11,13,15). The number of primary amides is 1. The molecule has 0 atom stereocenters. The Balaban J connectivity index is 2.23. The number of rotatable bonds is 3. The second-order valence-corrected chi connectivity index (χ2v) is 4.45. The number of anilines is 1. The maximum Gasteiger partial charge on any atom is 0.254 e. The number of hydrogen-bond acceptors (Lipinski definition) is 6. The Morgan fingerprint density at radius 3 is 2.76 bits per heavy atom. The molecule has 0 aliphatic carbocycles. The van der Waals surface area contributed by atoms with E-state index >= 15 is 0 Å². The SMILES string of the molecule is Cc1csc(Cc2ncc(C(N)=O)c(N)n2)n1. The van der Waals surface area contributed by atoms with Crippen molar-refractivity contribution < 1.29 is 4.79 Å². The van der Waals surface area contributed by atoms with Gasteiger partial charge in [0, 0.05) is 17.3 Å². The van der Waals surface area contributed by atoms with E-state index in [1.165, 1.54) is 17.5 Å². The molecule has 1 amide bonds. The van der Waals surface area contributed by atoms with E-state index in [1.807, 2.05) is 12.3 Å². The molecule has 0 radical (unpaired) electrons. The van der Waals surface area contributed by atoms with Crippen LogP contribution in [-0.2, 0) is 6.42 Å². The lowest BCUT2D eigenvalue weighted by molar-refractivity contribution is 0.100. The van der Waals surface area contributed by atoms with Crippen molar-refractivity contribution in [1.82, 2.24) is 15.0 Å². The fourth-order valence-corrected chi connectivity index (χ4v) is 2.10. The maximum absolute atomic E-state index is 10.9. The maximum atomic E-state index is 10.9. The summed E-state index contributed by atoms with van der Waals surface area (Å²) in [6, 6.07) is 0. The van der Waals surface area contributed by atoms with Crippen LogP contribution in [0.15, 0.2) is 11.6 Å². The van der Waals surface area contributed by atoms with Gasteiger partial charge in [0.15, 0.2) is 0 Å². The van der Waals surface area contributed by atoms with E-state index in [4.69, 9.17) is 11.5 Å². The van der Waals surface area contributed by atoms with Crippen LogP contribution in [0.2, 0.25) is 0 Å². The first-order valence-electron chi connectivity index (χ1n) is 4.88. The summed E-state index contributed by atoms with van der Waals surface area (Å²) < 4.78 is 0. The van der Waals surface area contributed by atoms with E-state index in [0.29, 0.717) is 12.2 Å². The minimum Gasteiger partial charge on any atom is -0.383 e. The predicted molar refractivity (Wildman–Crippen MR) is 64.6 cm³/mol. The molecule has 6 nitrogen and oxygen atoms in total. The van der Waals surface area contributed by atoms with Gasteiger partial charge in [0.1, 0.15) is 16.6 Å². The second kappa shape index (κ2) is 4.46. The van der Waals surface area contributed by atoms with Gasteiger partial charge in [-0.1, -0.05) is 0 Å². The number of carbonyl (C=O) groups is 1.